The molecule has 0 aliphatic rings. The minimum absolute atomic E-state index is 0.255. The topological polar surface area (TPSA) is 79.7 Å². The Kier molecular flexibility index (Phi) is 4.77. The van der Waals surface area contributed by atoms with E-state index < -0.39 is 11.5 Å². The minimum Gasteiger partial charge on any atom is -0.497 e. The molecule has 7 heteroatoms. The Morgan fingerprint density at radius 1 is 1.14 bits per heavy atom. The molecule has 0 aliphatic carbocycles. The number of methoxy groups -OCH3 is 3. The van der Waals surface area contributed by atoms with Gasteiger partial charge in [-0.2, -0.15) is 5.10 Å². The van der Waals surface area contributed by atoms with Crippen LogP contribution in [0.15, 0.2) is 35.1 Å². The number of benzene rings is 1. The first-order valence-corrected chi connectivity index (χ1v) is 6.46. The second-order valence-corrected chi connectivity index (χ2v) is 4.36. The number of hydrogen-bond acceptors (Lipinski definition) is 6. The Morgan fingerprint density at radius 3 is 2.55 bits per heavy atom. The Labute approximate surface area is 127 Å². The van der Waals surface area contributed by atoms with Crippen LogP contribution < -0.4 is 15.0 Å². The van der Waals surface area contributed by atoms with Crippen molar-refractivity contribution in [1.29, 1.82) is 0 Å². The van der Waals surface area contributed by atoms with E-state index in [1.54, 1.807) is 31.4 Å². The van der Waals surface area contributed by atoms with E-state index >= 15 is 0 Å². The zero-order valence-electron chi connectivity index (χ0n) is 12.5. The van der Waals surface area contributed by atoms with Crippen LogP contribution >= 0.6 is 0 Å². The molecule has 2 aromatic rings. The molecule has 0 spiro atoms. The van der Waals surface area contributed by atoms with Crippen LogP contribution in [0, 0.1) is 0 Å². The fourth-order valence-corrected chi connectivity index (χ4v) is 1.91. The molecular weight excluding hydrogens is 288 g/mol. The maximum Gasteiger partial charge on any atom is 0.327 e. The summed E-state index contributed by atoms with van der Waals surface area (Å²) in [7, 11) is 4.34. The van der Waals surface area contributed by atoms with E-state index in [4.69, 9.17) is 9.47 Å². The normalized spacial score (nSPS) is 10.1. The lowest BCUT2D eigenvalue weighted by atomic mass is 10.1. The van der Waals surface area contributed by atoms with Crippen LogP contribution in [0.1, 0.15) is 0 Å². The number of hydrogen-bond donors (Lipinski definition) is 0. The molecule has 1 heterocycles. The van der Waals surface area contributed by atoms with Crippen LogP contribution in [-0.2, 0) is 16.1 Å². The van der Waals surface area contributed by atoms with Crippen molar-refractivity contribution in [3.63, 3.8) is 0 Å². The Morgan fingerprint density at radius 2 is 1.91 bits per heavy atom. The summed E-state index contributed by atoms with van der Waals surface area (Å²) in [5.41, 5.74) is 0.746. The summed E-state index contributed by atoms with van der Waals surface area (Å²) in [6.07, 6.45) is 0. The van der Waals surface area contributed by atoms with E-state index in [1.165, 1.54) is 20.3 Å². The molecule has 1 aromatic carbocycles. The van der Waals surface area contributed by atoms with Crippen LogP contribution in [0.2, 0.25) is 0 Å². The maximum absolute atomic E-state index is 11.8. The average Bonchev–Trinajstić information content (AvgIpc) is 2.56. The van der Waals surface area contributed by atoms with Crippen molar-refractivity contribution < 1.29 is 19.0 Å². The van der Waals surface area contributed by atoms with Crippen molar-refractivity contribution in [1.82, 2.24) is 9.78 Å². The average molecular weight is 304 g/mol. The van der Waals surface area contributed by atoms with Gasteiger partial charge in [0.2, 0.25) is 0 Å². The highest BCUT2D eigenvalue weighted by atomic mass is 16.5. The van der Waals surface area contributed by atoms with Crippen molar-refractivity contribution in [2.24, 2.45) is 0 Å². The number of rotatable bonds is 5. The van der Waals surface area contributed by atoms with Gasteiger partial charge < -0.3 is 14.2 Å². The summed E-state index contributed by atoms with van der Waals surface area (Å²) in [5.74, 6) is 0.657. The third-order valence-corrected chi connectivity index (χ3v) is 3.06. The largest absolute Gasteiger partial charge is 0.497 e. The zero-order valence-corrected chi connectivity index (χ0v) is 12.5. The third kappa shape index (κ3) is 3.25. The molecule has 116 valence electrons. The molecule has 1 aromatic heterocycles. The van der Waals surface area contributed by atoms with Gasteiger partial charge in [0.05, 0.1) is 27.0 Å². The fourth-order valence-electron chi connectivity index (χ4n) is 1.91. The number of nitrogens with zero attached hydrogens (tertiary/aromatic N) is 2. The number of carbonyl (C=O) groups is 1. The summed E-state index contributed by atoms with van der Waals surface area (Å²) in [4.78, 5) is 23.1. The minimum atomic E-state index is -0.552. The van der Waals surface area contributed by atoms with Crippen LogP contribution in [0.3, 0.4) is 0 Å². The van der Waals surface area contributed by atoms with Gasteiger partial charge in [0.1, 0.15) is 18.0 Å². The van der Waals surface area contributed by atoms with Gasteiger partial charge in [0.15, 0.2) is 0 Å². The number of aromatic nitrogens is 2. The summed E-state index contributed by atoms with van der Waals surface area (Å²) >= 11 is 0. The van der Waals surface area contributed by atoms with Gasteiger partial charge in [-0.3, -0.25) is 9.59 Å². The highest BCUT2D eigenvalue weighted by molar-refractivity contribution is 5.70. The van der Waals surface area contributed by atoms with E-state index in [0.717, 1.165) is 4.68 Å². The lowest BCUT2D eigenvalue weighted by Crippen LogP contribution is -2.26. The molecule has 7 nitrogen and oxygen atoms in total. The molecule has 0 radical (unpaired) electrons. The first-order chi connectivity index (χ1) is 10.6. The van der Waals surface area contributed by atoms with Gasteiger partial charge in [0, 0.05) is 11.6 Å². The van der Waals surface area contributed by atoms with Gasteiger partial charge >= 0.3 is 5.97 Å². The second-order valence-electron chi connectivity index (χ2n) is 4.36. The Balaban J connectivity index is 2.51. The van der Waals surface area contributed by atoms with Crippen molar-refractivity contribution in [2.75, 3.05) is 21.3 Å². The molecule has 0 saturated carbocycles. The van der Waals surface area contributed by atoms with Crippen molar-refractivity contribution in [2.45, 2.75) is 6.54 Å². The van der Waals surface area contributed by atoms with Crippen molar-refractivity contribution in [3.05, 3.63) is 40.7 Å². The Bertz CT molecular complexity index is 739. The maximum atomic E-state index is 11.8. The molecule has 0 saturated heterocycles. The molecule has 2 rings (SSSR count). The van der Waals surface area contributed by atoms with Gasteiger partial charge in [-0.25, -0.2) is 4.68 Å². The van der Waals surface area contributed by atoms with Gasteiger partial charge in [-0.05, 0) is 24.3 Å². The first kappa shape index (κ1) is 15.6. The van der Waals surface area contributed by atoms with E-state index in [2.05, 4.69) is 9.84 Å². The number of ether oxygens (including phenoxy) is 3. The molecule has 22 heavy (non-hydrogen) atoms. The molecule has 0 atom stereocenters. The molecule has 0 unspecified atom stereocenters. The molecule has 0 fully saturated rings. The smallest absolute Gasteiger partial charge is 0.327 e. The fraction of sp³-hybridized carbons (Fsp3) is 0.267. The summed E-state index contributed by atoms with van der Waals surface area (Å²) in [6.45, 7) is -0.255. The molecule has 0 bridgehead atoms. The molecule has 0 amide bonds. The van der Waals surface area contributed by atoms with Crippen LogP contribution in [0.25, 0.3) is 11.3 Å². The third-order valence-electron chi connectivity index (χ3n) is 3.06. The quantitative estimate of drug-likeness (QED) is 0.770. The monoisotopic (exact) mass is 304 g/mol. The van der Waals surface area contributed by atoms with Gasteiger partial charge in [-0.1, -0.05) is 0 Å². The van der Waals surface area contributed by atoms with Crippen molar-refractivity contribution in [3.8, 4) is 22.8 Å². The standard InChI is InChI=1S/C15H16N2O5/c1-20-10-4-6-13(21-2)11(8-10)12-5-7-14(18)17(16-12)9-15(19)22-3/h4-8H,9H2,1-3H3. The highest BCUT2D eigenvalue weighted by Gasteiger charge is 2.12. The lowest BCUT2D eigenvalue weighted by molar-refractivity contribution is -0.141. The lowest BCUT2D eigenvalue weighted by Gasteiger charge is -2.11. The van der Waals surface area contributed by atoms with E-state index in [1.807, 2.05) is 0 Å². The summed E-state index contributed by atoms with van der Waals surface area (Å²) < 4.78 is 16.1. The van der Waals surface area contributed by atoms with Crippen LogP contribution in [0.5, 0.6) is 11.5 Å². The van der Waals surface area contributed by atoms with E-state index in [9.17, 15) is 9.59 Å². The first-order valence-electron chi connectivity index (χ1n) is 6.46. The van der Waals surface area contributed by atoms with Gasteiger partial charge in [0.25, 0.3) is 5.56 Å². The van der Waals surface area contributed by atoms with E-state index in [-0.39, 0.29) is 6.54 Å². The molecular formula is C15H16N2O5. The second kappa shape index (κ2) is 6.75. The number of carbonyl (C=O) groups excluding carboxylic acids is 1. The summed E-state index contributed by atoms with van der Waals surface area (Å²) in [5, 5.41) is 4.18. The Hall–Kier alpha value is -2.83. The van der Waals surface area contributed by atoms with Gasteiger partial charge in [-0.15, -0.1) is 0 Å². The van der Waals surface area contributed by atoms with Crippen LogP contribution in [0.4, 0.5) is 0 Å². The highest BCUT2D eigenvalue weighted by Crippen LogP contribution is 2.31. The predicted octanol–water partition coefficient (Wildman–Crippen LogP) is 1.10. The zero-order chi connectivity index (χ0) is 16.1. The SMILES string of the molecule is COC(=O)Cn1nc(-c2cc(OC)ccc2OC)ccc1=O. The molecule has 0 aliphatic heterocycles. The molecule has 0 N–H and O–H groups in total. The predicted molar refractivity (Wildman–Crippen MR) is 79.1 cm³/mol. The van der Waals surface area contributed by atoms with Crippen LogP contribution in [-0.4, -0.2) is 37.1 Å². The summed E-state index contributed by atoms with van der Waals surface area (Å²) in [6, 6.07) is 8.14. The van der Waals surface area contributed by atoms with E-state index in [0.29, 0.717) is 22.8 Å². The van der Waals surface area contributed by atoms with Crippen molar-refractivity contribution >= 4 is 5.97 Å². The number of esters is 1.